The Bertz CT molecular complexity index is 671. The van der Waals surface area contributed by atoms with Crippen LogP contribution in [0.25, 0.3) is 11.2 Å². The van der Waals surface area contributed by atoms with Crippen molar-refractivity contribution in [2.24, 2.45) is 0 Å². The van der Waals surface area contributed by atoms with E-state index in [1.165, 1.54) is 5.57 Å². The summed E-state index contributed by atoms with van der Waals surface area (Å²) in [6.07, 6.45) is 4.64. The van der Waals surface area contributed by atoms with Crippen molar-refractivity contribution < 1.29 is 9.13 Å². The molecule has 112 valence electrons. The third kappa shape index (κ3) is 2.87. The molecule has 0 aromatic carbocycles. The predicted octanol–water partition coefficient (Wildman–Crippen LogP) is 2.65. The van der Waals surface area contributed by atoms with Gasteiger partial charge in [0.15, 0.2) is 17.0 Å². The standard InChI is InChI=1S/C14H18FN5O/c1-9(2)5-6-16-12-11-13(19-14(15)18-12)20(8-17-11)10-4-3-7-21-10/h5,8,10H,3-4,6-7H2,1-2H3,(H,16,18,19). The lowest BCUT2D eigenvalue weighted by molar-refractivity contribution is 0.0592. The Balaban J connectivity index is 1.95. The van der Waals surface area contributed by atoms with Crippen molar-refractivity contribution in [2.45, 2.75) is 32.9 Å². The third-order valence-corrected chi connectivity index (χ3v) is 3.39. The van der Waals surface area contributed by atoms with Gasteiger partial charge in [0.05, 0.1) is 6.33 Å². The van der Waals surface area contributed by atoms with Gasteiger partial charge in [-0.3, -0.25) is 4.57 Å². The van der Waals surface area contributed by atoms with E-state index in [-0.39, 0.29) is 6.23 Å². The van der Waals surface area contributed by atoms with Gasteiger partial charge in [-0.2, -0.15) is 14.4 Å². The van der Waals surface area contributed by atoms with Crippen LogP contribution in [-0.4, -0.2) is 32.7 Å². The molecule has 2 aromatic rings. The van der Waals surface area contributed by atoms with Gasteiger partial charge in [-0.25, -0.2) is 4.98 Å². The first-order valence-corrected chi connectivity index (χ1v) is 7.04. The van der Waals surface area contributed by atoms with Crippen LogP contribution in [0, 0.1) is 6.08 Å². The lowest BCUT2D eigenvalue weighted by Crippen LogP contribution is -2.09. The van der Waals surface area contributed by atoms with Crippen molar-refractivity contribution in [1.82, 2.24) is 19.5 Å². The average molecular weight is 291 g/mol. The van der Waals surface area contributed by atoms with Crippen LogP contribution < -0.4 is 5.32 Å². The summed E-state index contributed by atoms with van der Waals surface area (Å²) >= 11 is 0. The Labute approximate surface area is 122 Å². The van der Waals surface area contributed by atoms with Crippen molar-refractivity contribution in [1.29, 1.82) is 0 Å². The fourth-order valence-corrected chi connectivity index (χ4v) is 2.36. The minimum Gasteiger partial charge on any atom is -0.365 e. The SMILES string of the molecule is CC(C)=CCNc1nc(F)nc2c1ncn2C1CCCO1. The molecule has 21 heavy (non-hydrogen) atoms. The fraction of sp³-hybridized carbons (Fsp3) is 0.500. The zero-order chi connectivity index (χ0) is 14.8. The Morgan fingerprint density at radius 2 is 2.38 bits per heavy atom. The average Bonchev–Trinajstić information content (AvgIpc) is 3.05. The molecule has 0 spiro atoms. The minimum atomic E-state index is -0.762. The molecule has 3 rings (SSSR count). The number of fused-ring (bicyclic) bond motifs is 1. The highest BCUT2D eigenvalue weighted by molar-refractivity contribution is 5.82. The van der Waals surface area contributed by atoms with Crippen LogP contribution in [0.15, 0.2) is 18.0 Å². The third-order valence-electron chi connectivity index (χ3n) is 3.39. The first-order chi connectivity index (χ1) is 10.1. The second-order valence-electron chi connectivity index (χ2n) is 5.30. The molecule has 1 unspecified atom stereocenters. The second-order valence-corrected chi connectivity index (χ2v) is 5.30. The van der Waals surface area contributed by atoms with Crippen LogP contribution in [0.2, 0.25) is 0 Å². The van der Waals surface area contributed by atoms with E-state index in [4.69, 9.17) is 4.74 Å². The highest BCUT2D eigenvalue weighted by Crippen LogP contribution is 2.27. The number of nitrogens with zero attached hydrogens (tertiary/aromatic N) is 4. The number of halogens is 1. The predicted molar refractivity (Wildman–Crippen MR) is 77.4 cm³/mol. The summed E-state index contributed by atoms with van der Waals surface area (Å²) in [4.78, 5) is 12.0. The topological polar surface area (TPSA) is 64.9 Å². The Hall–Kier alpha value is -2.02. The fourth-order valence-electron chi connectivity index (χ4n) is 2.36. The van der Waals surface area contributed by atoms with Crippen LogP contribution in [0.5, 0.6) is 0 Å². The first kappa shape index (κ1) is 13.9. The number of nitrogens with one attached hydrogen (secondary N) is 1. The van der Waals surface area contributed by atoms with Crippen LogP contribution in [0.3, 0.4) is 0 Å². The van der Waals surface area contributed by atoms with Crippen molar-refractivity contribution in [3.63, 3.8) is 0 Å². The van der Waals surface area contributed by atoms with E-state index in [1.807, 2.05) is 19.9 Å². The van der Waals surface area contributed by atoms with Crippen molar-refractivity contribution in [3.05, 3.63) is 24.1 Å². The van der Waals surface area contributed by atoms with Crippen molar-refractivity contribution in [2.75, 3.05) is 18.5 Å². The molecular weight excluding hydrogens is 273 g/mol. The van der Waals surface area contributed by atoms with E-state index in [9.17, 15) is 4.39 Å². The molecule has 3 heterocycles. The van der Waals surface area contributed by atoms with Gasteiger partial charge < -0.3 is 10.1 Å². The number of imidazole rings is 1. The highest BCUT2D eigenvalue weighted by atomic mass is 19.1. The van der Waals surface area contributed by atoms with Gasteiger partial charge in [-0.05, 0) is 26.7 Å². The summed E-state index contributed by atoms with van der Waals surface area (Å²) in [5.74, 6) is 0.409. The summed E-state index contributed by atoms with van der Waals surface area (Å²) in [7, 11) is 0. The monoisotopic (exact) mass is 291 g/mol. The summed E-state index contributed by atoms with van der Waals surface area (Å²) in [6.45, 7) is 5.29. The molecule has 1 aliphatic heterocycles. The molecule has 0 saturated carbocycles. The molecule has 0 radical (unpaired) electrons. The van der Waals surface area contributed by atoms with Crippen LogP contribution in [0.1, 0.15) is 32.9 Å². The Kier molecular flexibility index (Phi) is 3.83. The zero-order valence-corrected chi connectivity index (χ0v) is 12.1. The molecule has 0 bridgehead atoms. The molecule has 1 atom stereocenters. The van der Waals surface area contributed by atoms with Gasteiger partial charge in [0, 0.05) is 13.2 Å². The number of rotatable bonds is 4. The molecule has 0 amide bonds. The molecular formula is C14H18FN5O. The molecule has 1 N–H and O–H groups in total. The summed E-state index contributed by atoms with van der Waals surface area (Å²) < 4.78 is 21.1. The van der Waals surface area contributed by atoms with E-state index in [0.29, 0.717) is 30.1 Å². The maximum absolute atomic E-state index is 13.7. The number of anilines is 1. The minimum absolute atomic E-state index is 0.116. The Morgan fingerprint density at radius 3 is 3.10 bits per heavy atom. The summed E-state index contributed by atoms with van der Waals surface area (Å²) in [5, 5.41) is 3.08. The zero-order valence-electron chi connectivity index (χ0n) is 12.1. The van der Waals surface area contributed by atoms with Gasteiger partial charge in [-0.15, -0.1) is 0 Å². The van der Waals surface area contributed by atoms with Crippen LogP contribution in [-0.2, 0) is 4.74 Å². The molecule has 1 saturated heterocycles. The molecule has 1 aliphatic rings. The highest BCUT2D eigenvalue weighted by Gasteiger charge is 2.22. The molecule has 2 aromatic heterocycles. The number of ether oxygens (including phenoxy) is 1. The van der Waals surface area contributed by atoms with Gasteiger partial charge in [-0.1, -0.05) is 11.6 Å². The summed E-state index contributed by atoms with van der Waals surface area (Å²) in [5.41, 5.74) is 2.21. The van der Waals surface area contributed by atoms with E-state index in [0.717, 1.165) is 12.8 Å². The van der Waals surface area contributed by atoms with Crippen LogP contribution in [0.4, 0.5) is 10.2 Å². The first-order valence-electron chi connectivity index (χ1n) is 7.04. The number of aromatic nitrogens is 4. The number of hydrogen-bond donors (Lipinski definition) is 1. The van der Waals surface area contributed by atoms with E-state index < -0.39 is 6.08 Å². The van der Waals surface area contributed by atoms with Gasteiger partial charge >= 0.3 is 6.08 Å². The smallest absolute Gasteiger partial charge is 0.312 e. The van der Waals surface area contributed by atoms with Crippen molar-refractivity contribution in [3.8, 4) is 0 Å². The van der Waals surface area contributed by atoms with Gasteiger partial charge in [0.2, 0.25) is 0 Å². The number of hydrogen-bond acceptors (Lipinski definition) is 5. The quantitative estimate of drug-likeness (QED) is 0.693. The van der Waals surface area contributed by atoms with Crippen molar-refractivity contribution >= 4 is 17.0 Å². The van der Waals surface area contributed by atoms with Crippen LogP contribution >= 0.6 is 0 Å². The van der Waals surface area contributed by atoms with Gasteiger partial charge in [0.25, 0.3) is 0 Å². The van der Waals surface area contributed by atoms with E-state index in [1.54, 1.807) is 10.9 Å². The number of allylic oxidation sites excluding steroid dienone is 1. The normalized spacial score (nSPS) is 18.1. The Morgan fingerprint density at radius 1 is 1.52 bits per heavy atom. The molecule has 7 heteroatoms. The van der Waals surface area contributed by atoms with E-state index in [2.05, 4.69) is 20.3 Å². The second kappa shape index (κ2) is 5.77. The lowest BCUT2D eigenvalue weighted by Gasteiger charge is -2.11. The maximum atomic E-state index is 13.7. The van der Waals surface area contributed by atoms with E-state index >= 15 is 0 Å². The molecule has 1 fully saturated rings. The molecule has 0 aliphatic carbocycles. The lowest BCUT2D eigenvalue weighted by atomic mass is 10.3. The maximum Gasteiger partial charge on any atom is 0.312 e. The molecule has 6 nitrogen and oxygen atoms in total. The largest absolute Gasteiger partial charge is 0.365 e. The van der Waals surface area contributed by atoms with Gasteiger partial charge in [0.1, 0.15) is 6.23 Å². The summed E-state index contributed by atoms with van der Waals surface area (Å²) in [6, 6.07) is 0.